The van der Waals surface area contributed by atoms with Gasteiger partial charge in [0, 0.05) is 5.56 Å². The number of rotatable bonds is 3. The lowest BCUT2D eigenvalue weighted by Crippen LogP contribution is -2.23. The number of benzene rings is 1. The fourth-order valence-corrected chi connectivity index (χ4v) is 1.62. The standard InChI is InChI=1S/C11H13N5O/c1-7-3-8(2)5-9(4-7)11(17)12-6-10-13-15-16-14-10/h3-5H,6H2,1-2H3,(H,12,17)(H,13,14,15,16). The van der Waals surface area contributed by atoms with Crippen LogP contribution in [0.25, 0.3) is 0 Å². The van der Waals surface area contributed by atoms with Gasteiger partial charge < -0.3 is 5.32 Å². The van der Waals surface area contributed by atoms with Crippen LogP contribution < -0.4 is 5.32 Å². The first-order valence-corrected chi connectivity index (χ1v) is 5.24. The second-order valence-corrected chi connectivity index (χ2v) is 3.89. The molecule has 0 spiro atoms. The zero-order chi connectivity index (χ0) is 12.3. The highest BCUT2D eigenvalue weighted by Crippen LogP contribution is 2.08. The van der Waals surface area contributed by atoms with Crippen molar-refractivity contribution >= 4 is 5.91 Å². The van der Waals surface area contributed by atoms with Crippen molar-refractivity contribution in [2.45, 2.75) is 20.4 Å². The Kier molecular flexibility index (Phi) is 3.13. The van der Waals surface area contributed by atoms with Crippen molar-refractivity contribution in [2.24, 2.45) is 0 Å². The molecule has 1 aromatic carbocycles. The summed E-state index contributed by atoms with van der Waals surface area (Å²) in [5, 5.41) is 16.0. The van der Waals surface area contributed by atoms with Gasteiger partial charge in [0.15, 0.2) is 5.82 Å². The Morgan fingerprint density at radius 1 is 1.29 bits per heavy atom. The number of amides is 1. The molecular weight excluding hydrogens is 218 g/mol. The molecule has 1 amide bonds. The van der Waals surface area contributed by atoms with Crippen LogP contribution in [-0.4, -0.2) is 26.5 Å². The quantitative estimate of drug-likeness (QED) is 0.816. The molecule has 0 bridgehead atoms. The lowest BCUT2D eigenvalue weighted by Gasteiger charge is -2.05. The van der Waals surface area contributed by atoms with Crippen molar-refractivity contribution in [3.05, 3.63) is 40.7 Å². The number of hydrogen-bond donors (Lipinski definition) is 2. The van der Waals surface area contributed by atoms with E-state index in [9.17, 15) is 4.79 Å². The van der Waals surface area contributed by atoms with Crippen LogP contribution in [0.4, 0.5) is 0 Å². The predicted molar refractivity (Wildman–Crippen MR) is 61.3 cm³/mol. The Morgan fingerprint density at radius 2 is 2.00 bits per heavy atom. The minimum atomic E-state index is -0.137. The average molecular weight is 231 g/mol. The highest BCUT2D eigenvalue weighted by Gasteiger charge is 2.07. The third-order valence-corrected chi connectivity index (χ3v) is 2.28. The van der Waals surface area contributed by atoms with E-state index in [1.807, 2.05) is 32.0 Å². The summed E-state index contributed by atoms with van der Waals surface area (Å²) >= 11 is 0. The molecule has 2 N–H and O–H groups in total. The fourth-order valence-electron chi connectivity index (χ4n) is 1.62. The van der Waals surface area contributed by atoms with Gasteiger partial charge in [0.05, 0.1) is 6.54 Å². The van der Waals surface area contributed by atoms with Crippen LogP contribution in [0.5, 0.6) is 0 Å². The van der Waals surface area contributed by atoms with Gasteiger partial charge in [-0.05, 0) is 26.0 Å². The first-order chi connectivity index (χ1) is 8.15. The molecule has 0 saturated heterocycles. The summed E-state index contributed by atoms with van der Waals surface area (Å²) in [5.74, 6) is 0.323. The van der Waals surface area contributed by atoms with Crippen molar-refractivity contribution in [1.29, 1.82) is 0 Å². The summed E-state index contributed by atoms with van der Waals surface area (Å²) in [7, 11) is 0. The average Bonchev–Trinajstić information content (AvgIpc) is 2.77. The van der Waals surface area contributed by atoms with Gasteiger partial charge in [0.1, 0.15) is 0 Å². The Labute approximate surface area is 98.4 Å². The van der Waals surface area contributed by atoms with E-state index in [1.165, 1.54) is 0 Å². The van der Waals surface area contributed by atoms with Crippen LogP contribution in [0.15, 0.2) is 18.2 Å². The molecule has 0 aliphatic rings. The van der Waals surface area contributed by atoms with Crippen LogP contribution in [-0.2, 0) is 6.54 Å². The lowest BCUT2D eigenvalue weighted by atomic mass is 10.1. The Hall–Kier alpha value is -2.24. The summed E-state index contributed by atoms with van der Waals surface area (Å²) < 4.78 is 0. The number of nitrogens with one attached hydrogen (secondary N) is 2. The fraction of sp³-hybridized carbons (Fsp3) is 0.273. The molecule has 6 nitrogen and oxygen atoms in total. The summed E-state index contributed by atoms with van der Waals surface area (Å²) in [6.45, 7) is 4.19. The van der Waals surface area contributed by atoms with E-state index in [0.29, 0.717) is 11.4 Å². The van der Waals surface area contributed by atoms with Crippen molar-refractivity contribution in [1.82, 2.24) is 25.9 Å². The van der Waals surface area contributed by atoms with Crippen LogP contribution in [0.3, 0.4) is 0 Å². The predicted octanol–water partition coefficient (Wildman–Crippen LogP) is 0.747. The third-order valence-electron chi connectivity index (χ3n) is 2.28. The minimum Gasteiger partial charge on any atom is -0.345 e. The van der Waals surface area contributed by atoms with Gasteiger partial charge in [-0.2, -0.15) is 5.21 Å². The number of aryl methyl sites for hydroxylation is 2. The maximum absolute atomic E-state index is 11.8. The first kappa shape index (κ1) is 11.3. The van der Waals surface area contributed by atoms with E-state index in [-0.39, 0.29) is 12.5 Å². The molecule has 6 heteroatoms. The van der Waals surface area contributed by atoms with E-state index in [2.05, 4.69) is 25.9 Å². The summed E-state index contributed by atoms with van der Waals surface area (Å²) in [6, 6.07) is 5.72. The van der Waals surface area contributed by atoms with Crippen molar-refractivity contribution in [2.75, 3.05) is 0 Å². The number of carbonyl (C=O) groups excluding carboxylic acids is 1. The number of aromatic nitrogens is 4. The highest BCUT2D eigenvalue weighted by atomic mass is 16.1. The largest absolute Gasteiger partial charge is 0.345 e. The Morgan fingerprint density at radius 3 is 2.59 bits per heavy atom. The van der Waals surface area contributed by atoms with E-state index in [1.54, 1.807) is 0 Å². The van der Waals surface area contributed by atoms with Crippen LogP contribution in [0.1, 0.15) is 27.3 Å². The second-order valence-electron chi connectivity index (χ2n) is 3.89. The molecule has 88 valence electrons. The smallest absolute Gasteiger partial charge is 0.251 e. The van der Waals surface area contributed by atoms with Gasteiger partial charge in [-0.1, -0.05) is 22.4 Å². The zero-order valence-electron chi connectivity index (χ0n) is 9.69. The zero-order valence-corrected chi connectivity index (χ0v) is 9.69. The van der Waals surface area contributed by atoms with Crippen molar-refractivity contribution < 1.29 is 4.79 Å². The van der Waals surface area contributed by atoms with E-state index in [0.717, 1.165) is 11.1 Å². The minimum absolute atomic E-state index is 0.137. The van der Waals surface area contributed by atoms with Crippen molar-refractivity contribution in [3.63, 3.8) is 0 Å². The molecule has 1 heterocycles. The topological polar surface area (TPSA) is 83.6 Å². The summed E-state index contributed by atoms with van der Waals surface area (Å²) in [6.07, 6.45) is 0. The third kappa shape index (κ3) is 2.87. The molecular formula is C11H13N5O. The molecule has 0 aliphatic carbocycles. The second kappa shape index (κ2) is 4.73. The SMILES string of the molecule is Cc1cc(C)cc(C(=O)NCc2nn[nH]n2)c1. The highest BCUT2D eigenvalue weighted by molar-refractivity contribution is 5.94. The number of carbonyl (C=O) groups is 1. The molecule has 2 aromatic rings. The number of aromatic amines is 1. The molecule has 0 unspecified atom stereocenters. The van der Waals surface area contributed by atoms with Gasteiger partial charge in [-0.3, -0.25) is 4.79 Å². The molecule has 0 aliphatic heterocycles. The van der Waals surface area contributed by atoms with Gasteiger partial charge in [0.2, 0.25) is 0 Å². The summed E-state index contributed by atoms with van der Waals surface area (Å²) in [4.78, 5) is 11.8. The molecule has 1 aromatic heterocycles. The molecule has 0 radical (unpaired) electrons. The van der Waals surface area contributed by atoms with E-state index < -0.39 is 0 Å². The maximum Gasteiger partial charge on any atom is 0.251 e. The molecule has 0 saturated carbocycles. The van der Waals surface area contributed by atoms with E-state index >= 15 is 0 Å². The van der Waals surface area contributed by atoms with Crippen LogP contribution in [0.2, 0.25) is 0 Å². The van der Waals surface area contributed by atoms with Gasteiger partial charge in [0.25, 0.3) is 5.91 Å². The number of H-pyrrole nitrogens is 1. The van der Waals surface area contributed by atoms with Gasteiger partial charge in [-0.25, -0.2) is 0 Å². The van der Waals surface area contributed by atoms with E-state index in [4.69, 9.17) is 0 Å². The van der Waals surface area contributed by atoms with Gasteiger partial charge >= 0.3 is 0 Å². The molecule has 17 heavy (non-hydrogen) atoms. The lowest BCUT2D eigenvalue weighted by molar-refractivity contribution is 0.0949. The first-order valence-electron chi connectivity index (χ1n) is 5.24. The monoisotopic (exact) mass is 231 g/mol. The number of nitrogens with zero attached hydrogens (tertiary/aromatic N) is 3. The summed E-state index contributed by atoms with van der Waals surface area (Å²) in [5.41, 5.74) is 2.77. The van der Waals surface area contributed by atoms with Crippen molar-refractivity contribution in [3.8, 4) is 0 Å². The van der Waals surface area contributed by atoms with Crippen LogP contribution in [0, 0.1) is 13.8 Å². The number of tetrazole rings is 1. The number of hydrogen-bond acceptors (Lipinski definition) is 4. The maximum atomic E-state index is 11.8. The Bertz CT molecular complexity index is 500. The molecule has 0 atom stereocenters. The Balaban J connectivity index is 2.04. The van der Waals surface area contributed by atoms with Gasteiger partial charge in [-0.15, -0.1) is 10.2 Å². The molecule has 2 rings (SSSR count). The van der Waals surface area contributed by atoms with Crippen LogP contribution >= 0.6 is 0 Å². The molecule has 0 fully saturated rings. The normalized spacial score (nSPS) is 10.2.